The molecule has 0 aliphatic rings. The molecule has 1 unspecified atom stereocenters. The van der Waals surface area contributed by atoms with Crippen LogP contribution in [0.4, 0.5) is 0 Å². The molecule has 1 aromatic heterocycles. The molecule has 2 aromatic rings. The molecule has 1 aromatic carbocycles. The fraction of sp³-hybridized carbons (Fsp3) is 0.235. The van der Waals surface area contributed by atoms with Crippen molar-refractivity contribution in [2.75, 3.05) is 0 Å². The molecule has 0 fully saturated rings. The summed E-state index contributed by atoms with van der Waals surface area (Å²) in [4.78, 5) is 27.2. The molecule has 1 atom stereocenters. The molecule has 0 saturated carbocycles. The molecule has 0 saturated heterocycles. The van der Waals surface area contributed by atoms with Crippen molar-refractivity contribution in [1.82, 2.24) is 10.3 Å². The average molecular weight is 298 g/mol. The molecule has 0 aliphatic carbocycles. The van der Waals surface area contributed by atoms with Gasteiger partial charge in [-0.05, 0) is 24.1 Å². The van der Waals surface area contributed by atoms with E-state index >= 15 is 0 Å². The Kier molecular flexibility index (Phi) is 5.80. The second-order valence-corrected chi connectivity index (χ2v) is 4.95. The Bertz CT molecular complexity index is 614. The first-order chi connectivity index (χ1) is 10.7. The Hall–Kier alpha value is -2.53. The van der Waals surface area contributed by atoms with Crippen molar-refractivity contribution in [2.24, 2.45) is 0 Å². The highest BCUT2D eigenvalue weighted by Crippen LogP contribution is 2.09. The van der Waals surface area contributed by atoms with Crippen LogP contribution in [0.25, 0.3) is 0 Å². The van der Waals surface area contributed by atoms with Gasteiger partial charge in [-0.25, -0.2) is 0 Å². The first kappa shape index (κ1) is 15.9. The van der Waals surface area contributed by atoms with Gasteiger partial charge >= 0.3 is 5.97 Å². The Morgan fingerprint density at radius 3 is 2.41 bits per heavy atom. The summed E-state index contributed by atoms with van der Waals surface area (Å²) >= 11 is 0. The van der Waals surface area contributed by atoms with Crippen LogP contribution in [0, 0.1) is 0 Å². The van der Waals surface area contributed by atoms with Crippen LogP contribution >= 0.6 is 0 Å². The third kappa shape index (κ3) is 4.79. The van der Waals surface area contributed by atoms with Gasteiger partial charge in [0.2, 0.25) is 0 Å². The van der Waals surface area contributed by atoms with Crippen LogP contribution in [0.1, 0.15) is 28.8 Å². The van der Waals surface area contributed by atoms with Crippen LogP contribution < -0.4 is 5.32 Å². The Balaban J connectivity index is 2.05. The van der Waals surface area contributed by atoms with E-state index in [4.69, 9.17) is 5.11 Å². The molecule has 0 bridgehead atoms. The van der Waals surface area contributed by atoms with E-state index in [1.165, 1.54) is 0 Å². The van der Waals surface area contributed by atoms with Crippen LogP contribution in [0.15, 0.2) is 54.9 Å². The molecule has 22 heavy (non-hydrogen) atoms. The zero-order chi connectivity index (χ0) is 15.8. The highest BCUT2D eigenvalue weighted by Gasteiger charge is 2.20. The molecular formula is C17H18N2O3. The van der Waals surface area contributed by atoms with Crippen molar-refractivity contribution in [3.05, 3.63) is 66.0 Å². The number of Topliss-reactive ketones (excluding diaryl/α,β-unsaturated/α-hetero) is 1. The lowest BCUT2D eigenvalue weighted by molar-refractivity contribution is -0.137. The second kappa shape index (κ2) is 8.05. The number of aromatic nitrogens is 1. The van der Waals surface area contributed by atoms with Crippen molar-refractivity contribution in [3.63, 3.8) is 0 Å². The molecule has 5 nitrogen and oxygen atoms in total. The highest BCUT2D eigenvalue weighted by molar-refractivity contribution is 6.00. The number of hydrogen-bond acceptors (Lipinski definition) is 4. The standard InChI is InChI=1S/C17H18N2O3/c20-16(21)7-6-15(17(22)14-4-2-1-3-5-14)19-12-13-8-10-18-11-9-13/h1-5,8-11,15,19H,6-7,12H2,(H,20,21). The molecule has 0 radical (unpaired) electrons. The number of carboxylic acids is 1. The van der Waals surface area contributed by atoms with Gasteiger partial charge < -0.3 is 10.4 Å². The maximum atomic E-state index is 12.5. The number of carbonyl (C=O) groups is 2. The van der Waals surface area contributed by atoms with E-state index in [-0.39, 0.29) is 18.6 Å². The van der Waals surface area contributed by atoms with E-state index in [0.29, 0.717) is 12.1 Å². The maximum Gasteiger partial charge on any atom is 0.303 e. The lowest BCUT2D eigenvalue weighted by atomic mass is 10.00. The fourth-order valence-corrected chi connectivity index (χ4v) is 2.14. The lowest BCUT2D eigenvalue weighted by Gasteiger charge is -2.17. The molecule has 5 heteroatoms. The van der Waals surface area contributed by atoms with Gasteiger partial charge in [-0.15, -0.1) is 0 Å². The smallest absolute Gasteiger partial charge is 0.303 e. The summed E-state index contributed by atoms with van der Waals surface area (Å²) in [5.74, 6) is -0.993. The number of hydrogen-bond donors (Lipinski definition) is 2. The number of carbonyl (C=O) groups excluding carboxylic acids is 1. The fourth-order valence-electron chi connectivity index (χ4n) is 2.14. The van der Waals surface area contributed by atoms with E-state index in [0.717, 1.165) is 5.56 Å². The number of aliphatic carboxylic acids is 1. The van der Waals surface area contributed by atoms with Gasteiger partial charge in [0, 0.05) is 30.9 Å². The lowest BCUT2D eigenvalue weighted by Crippen LogP contribution is -2.37. The first-order valence-electron chi connectivity index (χ1n) is 7.10. The summed E-state index contributed by atoms with van der Waals surface area (Å²) in [6, 6.07) is 12.1. The second-order valence-electron chi connectivity index (χ2n) is 4.95. The van der Waals surface area contributed by atoms with Crippen LogP contribution in [-0.4, -0.2) is 27.9 Å². The van der Waals surface area contributed by atoms with Gasteiger partial charge in [-0.1, -0.05) is 30.3 Å². The summed E-state index contributed by atoms with van der Waals surface area (Å²) in [6.45, 7) is 0.491. The van der Waals surface area contributed by atoms with Gasteiger partial charge in [-0.2, -0.15) is 0 Å². The van der Waals surface area contributed by atoms with Crippen LogP contribution in [0.2, 0.25) is 0 Å². The summed E-state index contributed by atoms with van der Waals surface area (Å²) in [5, 5.41) is 12.0. The summed E-state index contributed by atoms with van der Waals surface area (Å²) in [5.41, 5.74) is 1.58. The zero-order valence-electron chi connectivity index (χ0n) is 12.1. The van der Waals surface area contributed by atoms with Crippen molar-refractivity contribution in [3.8, 4) is 0 Å². The first-order valence-corrected chi connectivity index (χ1v) is 7.10. The molecular weight excluding hydrogens is 280 g/mol. The molecule has 2 rings (SSSR count). The Labute approximate surface area is 129 Å². The summed E-state index contributed by atoms with van der Waals surface area (Å²) in [7, 11) is 0. The molecule has 0 spiro atoms. The van der Waals surface area contributed by atoms with Crippen LogP contribution in [0.3, 0.4) is 0 Å². The Morgan fingerprint density at radius 2 is 1.77 bits per heavy atom. The SMILES string of the molecule is O=C(O)CCC(NCc1ccncc1)C(=O)c1ccccc1. The number of carboxylic acid groups (broad SMARTS) is 1. The number of benzene rings is 1. The van der Waals surface area contributed by atoms with Crippen molar-refractivity contribution in [1.29, 1.82) is 0 Å². The number of nitrogens with one attached hydrogen (secondary N) is 1. The average Bonchev–Trinajstić information content (AvgIpc) is 2.56. The van der Waals surface area contributed by atoms with Gasteiger partial charge in [-0.3, -0.25) is 14.6 Å². The largest absolute Gasteiger partial charge is 0.481 e. The van der Waals surface area contributed by atoms with Crippen molar-refractivity contribution < 1.29 is 14.7 Å². The predicted molar refractivity (Wildman–Crippen MR) is 82.5 cm³/mol. The van der Waals surface area contributed by atoms with Crippen LogP contribution in [0.5, 0.6) is 0 Å². The number of rotatable bonds is 8. The van der Waals surface area contributed by atoms with Gasteiger partial charge in [0.15, 0.2) is 5.78 Å². The minimum Gasteiger partial charge on any atom is -0.481 e. The minimum atomic E-state index is -0.906. The highest BCUT2D eigenvalue weighted by atomic mass is 16.4. The van der Waals surface area contributed by atoms with E-state index in [1.807, 2.05) is 18.2 Å². The predicted octanol–water partition coefficient (Wildman–Crippen LogP) is 2.29. The number of nitrogens with zero attached hydrogens (tertiary/aromatic N) is 1. The quantitative estimate of drug-likeness (QED) is 0.731. The minimum absolute atomic E-state index is 0.0490. The number of ketones is 1. The molecule has 2 N–H and O–H groups in total. The van der Waals surface area contributed by atoms with E-state index < -0.39 is 12.0 Å². The van der Waals surface area contributed by atoms with Crippen molar-refractivity contribution in [2.45, 2.75) is 25.4 Å². The van der Waals surface area contributed by atoms with E-state index in [1.54, 1.807) is 36.7 Å². The topological polar surface area (TPSA) is 79.3 Å². The molecule has 0 amide bonds. The molecule has 1 heterocycles. The normalized spacial score (nSPS) is 11.8. The Morgan fingerprint density at radius 1 is 1.09 bits per heavy atom. The van der Waals surface area contributed by atoms with Gasteiger partial charge in [0.25, 0.3) is 0 Å². The van der Waals surface area contributed by atoms with E-state index in [2.05, 4.69) is 10.3 Å². The van der Waals surface area contributed by atoms with Crippen LogP contribution in [-0.2, 0) is 11.3 Å². The summed E-state index contributed by atoms with van der Waals surface area (Å²) in [6.07, 6.45) is 3.57. The molecule has 0 aliphatic heterocycles. The summed E-state index contributed by atoms with van der Waals surface area (Å²) < 4.78 is 0. The van der Waals surface area contributed by atoms with Crippen molar-refractivity contribution >= 4 is 11.8 Å². The monoisotopic (exact) mass is 298 g/mol. The van der Waals surface area contributed by atoms with Gasteiger partial charge in [0.05, 0.1) is 6.04 Å². The molecule has 114 valence electrons. The van der Waals surface area contributed by atoms with Gasteiger partial charge in [0.1, 0.15) is 0 Å². The third-order valence-electron chi connectivity index (χ3n) is 3.32. The third-order valence-corrected chi connectivity index (χ3v) is 3.32. The maximum absolute atomic E-state index is 12.5. The van der Waals surface area contributed by atoms with E-state index in [9.17, 15) is 9.59 Å². The number of pyridine rings is 1. The zero-order valence-corrected chi connectivity index (χ0v) is 12.1.